The van der Waals surface area contributed by atoms with Crippen molar-refractivity contribution in [1.29, 1.82) is 0 Å². The molecular weight excluding hydrogens is 474 g/mol. The van der Waals surface area contributed by atoms with Gasteiger partial charge >= 0.3 is 0 Å². The minimum Gasteiger partial charge on any atom is -0.480 e. The summed E-state index contributed by atoms with van der Waals surface area (Å²) in [5, 5.41) is 0.815. The number of rotatable bonds is 8. The van der Waals surface area contributed by atoms with E-state index in [1.165, 1.54) is 12.0 Å². The maximum absolute atomic E-state index is 6.58. The fourth-order valence-electron chi connectivity index (χ4n) is 5.69. The summed E-state index contributed by atoms with van der Waals surface area (Å²) in [6, 6.07) is 18.8. The summed E-state index contributed by atoms with van der Waals surface area (Å²) in [5.41, 5.74) is 11.1. The summed E-state index contributed by atoms with van der Waals surface area (Å²) in [6.45, 7) is 5.53. The van der Waals surface area contributed by atoms with Crippen LogP contribution in [0.4, 0.5) is 0 Å². The molecule has 1 aliphatic heterocycles. The monoisotopic (exact) mass is 511 g/mol. The van der Waals surface area contributed by atoms with Crippen molar-refractivity contribution >= 4 is 11.1 Å². The smallest absolute Gasteiger partial charge is 0.234 e. The molecule has 2 aromatic heterocycles. The molecule has 4 aromatic rings. The van der Waals surface area contributed by atoms with Crippen molar-refractivity contribution in [1.82, 2.24) is 19.8 Å². The summed E-state index contributed by atoms with van der Waals surface area (Å²) in [7, 11) is 3.86. The lowest BCUT2D eigenvalue weighted by molar-refractivity contribution is 0.153. The molecule has 6 rings (SSSR count). The predicted octanol–water partition coefficient (Wildman–Crippen LogP) is 5.08. The number of piperazine rings is 1. The zero-order chi connectivity index (χ0) is 26.1. The normalized spacial score (nSPS) is 18.0. The standard InChI is InChI=1S/C31H37N5O2/c1-35-18-20-36(21-19-35)17-6-10-25-33-29(37-2)27-26(22-8-4-3-5-9-22)28(38-30(27)34-25)23-11-13-24(14-12-23)31(32)15-7-16-31/h3-5,8-9,11-14H,6-7,10,15-21,32H2,1-2H3. The highest BCUT2D eigenvalue weighted by atomic mass is 16.5. The number of nitrogens with two attached hydrogens (primary N) is 1. The maximum Gasteiger partial charge on any atom is 0.234 e. The number of benzene rings is 2. The second-order valence-corrected chi connectivity index (χ2v) is 10.8. The molecule has 1 saturated heterocycles. The highest BCUT2D eigenvalue weighted by molar-refractivity contribution is 6.03. The van der Waals surface area contributed by atoms with Crippen LogP contribution in [0.1, 0.15) is 37.1 Å². The van der Waals surface area contributed by atoms with Gasteiger partial charge in [-0.15, -0.1) is 0 Å². The molecular formula is C31H37N5O2. The van der Waals surface area contributed by atoms with E-state index in [0.717, 1.165) is 92.1 Å². The van der Waals surface area contributed by atoms with Gasteiger partial charge in [0.15, 0.2) is 0 Å². The second kappa shape index (κ2) is 10.5. The second-order valence-electron chi connectivity index (χ2n) is 10.8. The molecule has 7 heteroatoms. The summed E-state index contributed by atoms with van der Waals surface area (Å²) >= 11 is 0. The Morgan fingerprint density at radius 2 is 1.68 bits per heavy atom. The molecule has 2 fully saturated rings. The quantitative estimate of drug-likeness (QED) is 0.353. The largest absolute Gasteiger partial charge is 0.480 e. The molecule has 198 valence electrons. The molecule has 1 aliphatic carbocycles. The van der Waals surface area contributed by atoms with Crippen LogP contribution in [-0.4, -0.2) is 66.6 Å². The number of likely N-dealkylation sites (N-methyl/N-ethyl adjacent to an activating group) is 1. The summed E-state index contributed by atoms with van der Waals surface area (Å²) in [5.74, 6) is 2.10. The number of aryl methyl sites for hydroxylation is 1. The highest BCUT2D eigenvalue weighted by Crippen LogP contribution is 2.44. The first-order valence-electron chi connectivity index (χ1n) is 13.8. The number of nitrogens with zero attached hydrogens (tertiary/aromatic N) is 4. The average molecular weight is 512 g/mol. The SMILES string of the molecule is COc1nc(CCCN2CCN(C)CC2)nc2oc(-c3ccc(C4(N)CCC4)cc3)c(-c3ccccc3)c12. The van der Waals surface area contributed by atoms with Gasteiger partial charge in [-0.3, -0.25) is 0 Å². The Morgan fingerprint density at radius 3 is 2.34 bits per heavy atom. The first-order valence-corrected chi connectivity index (χ1v) is 13.8. The van der Waals surface area contributed by atoms with Gasteiger partial charge in [-0.25, -0.2) is 0 Å². The van der Waals surface area contributed by atoms with Gasteiger partial charge in [0.05, 0.1) is 7.11 Å². The van der Waals surface area contributed by atoms with E-state index in [4.69, 9.17) is 24.9 Å². The van der Waals surface area contributed by atoms with E-state index in [9.17, 15) is 0 Å². The Hall–Kier alpha value is -3.26. The van der Waals surface area contributed by atoms with E-state index in [-0.39, 0.29) is 5.54 Å². The van der Waals surface area contributed by atoms with Gasteiger partial charge in [-0.1, -0.05) is 54.6 Å². The van der Waals surface area contributed by atoms with E-state index < -0.39 is 0 Å². The van der Waals surface area contributed by atoms with Gasteiger partial charge in [-0.2, -0.15) is 9.97 Å². The molecule has 0 unspecified atom stereocenters. The van der Waals surface area contributed by atoms with Crippen molar-refractivity contribution in [3.63, 3.8) is 0 Å². The van der Waals surface area contributed by atoms with Crippen LogP contribution in [0, 0.1) is 0 Å². The minimum absolute atomic E-state index is 0.192. The third-order valence-corrected chi connectivity index (χ3v) is 8.26. The van der Waals surface area contributed by atoms with Crippen molar-refractivity contribution < 1.29 is 9.15 Å². The molecule has 0 atom stereocenters. The predicted molar refractivity (Wildman–Crippen MR) is 151 cm³/mol. The summed E-state index contributed by atoms with van der Waals surface area (Å²) in [6.07, 6.45) is 5.05. The van der Waals surface area contributed by atoms with Gasteiger partial charge in [-0.05, 0) is 50.4 Å². The lowest BCUT2D eigenvalue weighted by Gasteiger charge is -2.38. The first-order chi connectivity index (χ1) is 18.5. The molecule has 0 bridgehead atoms. The zero-order valence-corrected chi connectivity index (χ0v) is 22.4. The Bertz CT molecular complexity index is 1390. The number of hydrogen-bond donors (Lipinski definition) is 1. The molecule has 0 amide bonds. The molecule has 3 heterocycles. The van der Waals surface area contributed by atoms with Crippen LogP contribution in [-0.2, 0) is 12.0 Å². The number of fused-ring (bicyclic) bond motifs is 1. The van der Waals surface area contributed by atoms with Gasteiger partial charge in [0.2, 0.25) is 11.6 Å². The lowest BCUT2D eigenvalue weighted by Crippen LogP contribution is -2.44. The molecule has 2 aliphatic rings. The van der Waals surface area contributed by atoms with Crippen LogP contribution in [0.3, 0.4) is 0 Å². The number of ether oxygens (including phenoxy) is 1. The van der Waals surface area contributed by atoms with Crippen LogP contribution in [0.15, 0.2) is 59.0 Å². The van der Waals surface area contributed by atoms with Crippen LogP contribution in [0.25, 0.3) is 33.6 Å². The van der Waals surface area contributed by atoms with Crippen molar-refractivity contribution in [2.75, 3.05) is 46.9 Å². The Balaban J connectivity index is 1.34. The molecule has 1 saturated carbocycles. The van der Waals surface area contributed by atoms with Gasteiger partial charge in [0.1, 0.15) is 17.0 Å². The summed E-state index contributed by atoms with van der Waals surface area (Å²) in [4.78, 5) is 14.6. The Morgan fingerprint density at radius 1 is 0.947 bits per heavy atom. The third-order valence-electron chi connectivity index (χ3n) is 8.26. The van der Waals surface area contributed by atoms with E-state index in [2.05, 4.69) is 53.2 Å². The van der Waals surface area contributed by atoms with E-state index in [1.54, 1.807) is 7.11 Å². The van der Waals surface area contributed by atoms with E-state index in [0.29, 0.717) is 11.6 Å². The van der Waals surface area contributed by atoms with Crippen molar-refractivity contribution in [2.45, 2.75) is 37.6 Å². The van der Waals surface area contributed by atoms with Crippen molar-refractivity contribution in [2.24, 2.45) is 5.73 Å². The van der Waals surface area contributed by atoms with Crippen LogP contribution in [0.5, 0.6) is 5.88 Å². The Labute approximate surface area is 224 Å². The van der Waals surface area contributed by atoms with E-state index >= 15 is 0 Å². The van der Waals surface area contributed by atoms with Gasteiger partial charge in [0.25, 0.3) is 0 Å². The highest BCUT2D eigenvalue weighted by Gasteiger charge is 2.34. The zero-order valence-electron chi connectivity index (χ0n) is 22.4. The molecule has 0 radical (unpaired) electrons. The fraction of sp³-hybridized carbons (Fsp3) is 0.419. The topological polar surface area (TPSA) is 80.7 Å². The molecule has 2 N–H and O–H groups in total. The first kappa shape index (κ1) is 25.0. The van der Waals surface area contributed by atoms with Gasteiger partial charge < -0.3 is 24.7 Å². The number of methoxy groups -OCH3 is 1. The molecule has 38 heavy (non-hydrogen) atoms. The van der Waals surface area contributed by atoms with E-state index in [1.807, 2.05) is 18.2 Å². The molecule has 0 spiro atoms. The lowest BCUT2D eigenvalue weighted by atomic mass is 9.72. The third kappa shape index (κ3) is 4.82. The number of hydrogen-bond acceptors (Lipinski definition) is 7. The summed E-state index contributed by atoms with van der Waals surface area (Å²) < 4.78 is 12.3. The van der Waals surface area contributed by atoms with Crippen LogP contribution in [0.2, 0.25) is 0 Å². The number of aromatic nitrogens is 2. The Kier molecular flexibility index (Phi) is 6.91. The average Bonchev–Trinajstić information content (AvgIpc) is 3.32. The van der Waals surface area contributed by atoms with Gasteiger partial charge in [0, 0.05) is 49.3 Å². The van der Waals surface area contributed by atoms with Crippen LogP contribution >= 0.6 is 0 Å². The molecule has 7 nitrogen and oxygen atoms in total. The number of furan rings is 1. The molecule has 2 aromatic carbocycles. The van der Waals surface area contributed by atoms with Crippen molar-refractivity contribution in [3.05, 3.63) is 66.0 Å². The van der Waals surface area contributed by atoms with Crippen molar-refractivity contribution in [3.8, 4) is 28.3 Å². The maximum atomic E-state index is 6.58. The fourth-order valence-corrected chi connectivity index (χ4v) is 5.69. The minimum atomic E-state index is -0.192. The van der Waals surface area contributed by atoms with Crippen LogP contribution < -0.4 is 10.5 Å².